The standard InChI is InChI=1S/C10H12F3N3O3/c1-18-7(17)3-5-2-6(4-14)9(16-8(5)15)19-10(11,12)13/h2H,3-4,14H2,1H3,(H2,15,16). The zero-order valence-corrected chi connectivity index (χ0v) is 9.95. The number of carbonyl (C=O) groups excluding carboxylic acids is 1. The van der Waals surface area contributed by atoms with Gasteiger partial charge in [0.05, 0.1) is 13.5 Å². The summed E-state index contributed by atoms with van der Waals surface area (Å²) in [5.41, 5.74) is 11.0. The van der Waals surface area contributed by atoms with Crippen LogP contribution in [0.2, 0.25) is 0 Å². The highest BCUT2D eigenvalue weighted by Crippen LogP contribution is 2.27. The van der Waals surface area contributed by atoms with Crippen molar-refractivity contribution in [3.63, 3.8) is 0 Å². The van der Waals surface area contributed by atoms with Crippen LogP contribution in [0, 0.1) is 0 Å². The number of carbonyl (C=O) groups is 1. The molecule has 0 spiro atoms. The number of ether oxygens (including phenoxy) is 2. The number of anilines is 1. The smallest absolute Gasteiger partial charge is 0.469 e. The number of alkyl halides is 3. The molecule has 0 amide bonds. The molecule has 1 heterocycles. The van der Waals surface area contributed by atoms with Crippen molar-refractivity contribution in [1.29, 1.82) is 0 Å². The predicted octanol–water partition coefficient (Wildman–Crippen LogP) is 0.737. The molecule has 0 atom stereocenters. The largest absolute Gasteiger partial charge is 0.574 e. The third kappa shape index (κ3) is 4.28. The summed E-state index contributed by atoms with van der Waals surface area (Å²) in [5.74, 6) is -1.57. The van der Waals surface area contributed by atoms with E-state index in [0.717, 1.165) is 0 Å². The van der Waals surface area contributed by atoms with Crippen molar-refractivity contribution in [3.05, 3.63) is 17.2 Å². The number of esters is 1. The Hall–Kier alpha value is -2.03. The minimum Gasteiger partial charge on any atom is -0.469 e. The number of hydrogen-bond donors (Lipinski definition) is 2. The Balaban J connectivity index is 3.10. The molecule has 6 nitrogen and oxygen atoms in total. The fourth-order valence-electron chi connectivity index (χ4n) is 1.31. The summed E-state index contributed by atoms with van der Waals surface area (Å²) in [5, 5.41) is 0. The van der Waals surface area contributed by atoms with Gasteiger partial charge in [0.2, 0.25) is 5.88 Å². The fourth-order valence-corrected chi connectivity index (χ4v) is 1.31. The first-order chi connectivity index (χ1) is 8.76. The summed E-state index contributed by atoms with van der Waals surface area (Å²) in [7, 11) is 1.18. The molecular formula is C10H12F3N3O3. The molecule has 0 saturated carbocycles. The van der Waals surface area contributed by atoms with Crippen molar-refractivity contribution >= 4 is 11.8 Å². The van der Waals surface area contributed by atoms with Gasteiger partial charge in [0.1, 0.15) is 5.82 Å². The summed E-state index contributed by atoms with van der Waals surface area (Å²) in [6.45, 7) is -0.243. The summed E-state index contributed by atoms with van der Waals surface area (Å²) in [6, 6.07) is 1.24. The molecule has 9 heteroatoms. The van der Waals surface area contributed by atoms with Gasteiger partial charge in [-0.2, -0.15) is 4.98 Å². The third-order valence-electron chi connectivity index (χ3n) is 2.17. The second-order valence-corrected chi connectivity index (χ2v) is 3.50. The van der Waals surface area contributed by atoms with E-state index in [0.29, 0.717) is 0 Å². The van der Waals surface area contributed by atoms with Crippen LogP contribution in [-0.4, -0.2) is 24.4 Å². The quantitative estimate of drug-likeness (QED) is 0.788. The van der Waals surface area contributed by atoms with Gasteiger partial charge in [0, 0.05) is 17.7 Å². The number of rotatable bonds is 4. The van der Waals surface area contributed by atoms with E-state index in [1.807, 2.05) is 0 Å². The molecule has 1 aromatic heterocycles. The Labute approximate surface area is 106 Å². The summed E-state index contributed by atoms with van der Waals surface area (Å²) >= 11 is 0. The summed E-state index contributed by atoms with van der Waals surface area (Å²) in [4.78, 5) is 14.6. The molecule has 1 aromatic rings. The SMILES string of the molecule is COC(=O)Cc1cc(CN)c(OC(F)(F)F)nc1N. The van der Waals surface area contributed by atoms with Gasteiger partial charge in [-0.05, 0) is 6.07 Å². The highest BCUT2D eigenvalue weighted by atomic mass is 19.4. The lowest BCUT2D eigenvalue weighted by molar-refractivity contribution is -0.276. The van der Waals surface area contributed by atoms with Crippen LogP contribution in [0.3, 0.4) is 0 Å². The van der Waals surface area contributed by atoms with Gasteiger partial charge >= 0.3 is 12.3 Å². The van der Waals surface area contributed by atoms with Crippen LogP contribution in [0.4, 0.5) is 19.0 Å². The maximum atomic E-state index is 12.1. The number of halogens is 3. The van der Waals surface area contributed by atoms with Crippen molar-refractivity contribution in [3.8, 4) is 5.88 Å². The Morgan fingerprint density at radius 2 is 2.05 bits per heavy atom. The van der Waals surface area contributed by atoms with Gasteiger partial charge in [0.15, 0.2) is 0 Å². The van der Waals surface area contributed by atoms with Crippen LogP contribution in [-0.2, 0) is 22.5 Å². The average Bonchev–Trinajstić information content (AvgIpc) is 2.30. The number of nitrogens with zero attached hydrogens (tertiary/aromatic N) is 1. The van der Waals surface area contributed by atoms with Gasteiger partial charge < -0.3 is 20.9 Å². The highest BCUT2D eigenvalue weighted by molar-refractivity contribution is 5.74. The zero-order valence-electron chi connectivity index (χ0n) is 9.95. The van der Waals surface area contributed by atoms with Crippen LogP contribution in [0.15, 0.2) is 6.07 Å². The minimum absolute atomic E-state index is 0.00886. The third-order valence-corrected chi connectivity index (χ3v) is 2.17. The molecule has 0 fully saturated rings. The van der Waals surface area contributed by atoms with E-state index in [2.05, 4.69) is 14.5 Å². The average molecular weight is 279 g/mol. The van der Waals surface area contributed by atoms with E-state index in [1.54, 1.807) is 0 Å². The number of nitrogens with two attached hydrogens (primary N) is 2. The second kappa shape index (κ2) is 5.74. The first-order valence-corrected chi connectivity index (χ1v) is 5.07. The predicted molar refractivity (Wildman–Crippen MR) is 58.9 cm³/mol. The molecule has 106 valence electrons. The van der Waals surface area contributed by atoms with Gasteiger partial charge in [-0.15, -0.1) is 13.2 Å². The molecule has 0 aliphatic heterocycles. The topological polar surface area (TPSA) is 100 Å². The second-order valence-electron chi connectivity index (χ2n) is 3.50. The highest BCUT2D eigenvalue weighted by Gasteiger charge is 2.33. The van der Waals surface area contributed by atoms with Crippen LogP contribution in [0.25, 0.3) is 0 Å². The lowest BCUT2D eigenvalue weighted by Crippen LogP contribution is -2.20. The minimum atomic E-state index is -4.90. The van der Waals surface area contributed by atoms with E-state index < -0.39 is 18.2 Å². The molecule has 0 bridgehead atoms. The van der Waals surface area contributed by atoms with E-state index in [9.17, 15) is 18.0 Å². The van der Waals surface area contributed by atoms with Crippen LogP contribution < -0.4 is 16.2 Å². The van der Waals surface area contributed by atoms with Crippen molar-refractivity contribution in [2.24, 2.45) is 5.73 Å². The normalized spacial score (nSPS) is 11.2. The van der Waals surface area contributed by atoms with E-state index in [4.69, 9.17) is 11.5 Å². The molecule has 4 N–H and O–H groups in total. The molecule has 0 unspecified atom stereocenters. The number of nitrogen functional groups attached to an aromatic ring is 1. The van der Waals surface area contributed by atoms with Crippen LogP contribution >= 0.6 is 0 Å². The number of pyridine rings is 1. The maximum Gasteiger partial charge on any atom is 0.574 e. The van der Waals surface area contributed by atoms with Crippen LogP contribution in [0.5, 0.6) is 5.88 Å². The molecule has 0 saturated heterocycles. The van der Waals surface area contributed by atoms with Gasteiger partial charge in [-0.25, -0.2) is 0 Å². The lowest BCUT2D eigenvalue weighted by Gasteiger charge is -2.14. The molecule has 0 aliphatic rings. The first-order valence-electron chi connectivity index (χ1n) is 5.07. The Bertz CT molecular complexity index is 477. The van der Waals surface area contributed by atoms with Crippen molar-refractivity contribution < 1.29 is 27.4 Å². The first kappa shape index (κ1) is 15.0. The number of aromatic nitrogens is 1. The lowest BCUT2D eigenvalue weighted by atomic mass is 10.1. The van der Waals surface area contributed by atoms with Crippen LogP contribution in [0.1, 0.15) is 11.1 Å². The van der Waals surface area contributed by atoms with E-state index in [1.165, 1.54) is 13.2 Å². The molecule has 1 rings (SSSR count). The number of hydrogen-bond acceptors (Lipinski definition) is 6. The van der Waals surface area contributed by atoms with Crippen molar-refractivity contribution in [1.82, 2.24) is 4.98 Å². The molecule has 0 aliphatic carbocycles. The summed E-state index contributed by atoms with van der Waals surface area (Å²) < 4.78 is 44.5. The van der Waals surface area contributed by atoms with Crippen molar-refractivity contribution in [2.45, 2.75) is 19.3 Å². The Kier molecular flexibility index (Phi) is 4.54. The molecule has 0 radical (unpaired) electrons. The van der Waals surface area contributed by atoms with Gasteiger partial charge in [-0.1, -0.05) is 0 Å². The Morgan fingerprint density at radius 1 is 1.42 bits per heavy atom. The maximum absolute atomic E-state index is 12.1. The monoisotopic (exact) mass is 279 g/mol. The fraction of sp³-hybridized carbons (Fsp3) is 0.400. The van der Waals surface area contributed by atoms with Gasteiger partial charge in [0.25, 0.3) is 0 Å². The number of methoxy groups -OCH3 is 1. The molecule has 0 aromatic carbocycles. The van der Waals surface area contributed by atoms with Crippen molar-refractivity contribution in [2.75, 3.05) is 12.8 Å². The molecular weight excluding hydrogens is 267 g/mol. The summed E-state index contributed by atoms with van der Waals surface area (Å²) in [6.07, 6.45) is -5.11. The zero-order chi connectivity index (χ0) is 14.6. The van der Waals surface area contributed by atoms with E-state index >= 15 is 0 Å². The van der Waals surface area contributed by atoms with Gasteiger partial charge in [-0.3, -0.25) is 4.79 Å². The Morgan fingerprint density at radius 3 is 2.53 bits per heavy atom. The van der Waals surface area contributed by atoms with E-state index in [-0.39, 0.29) is 29.9 Å². The molecule has 19 heavy (non-hydrogen) atoms.